The minimum absolute atomic E-state index is 0.00435. The predicted molar refractivity (Wildman–Crippen MR) is 132 cm³/mol. The van der Waals surface area contributed by atoms with Gasteiger partial charge in [0, 0.05) is 31.1 Å². The highest BCUT2D eigenvalue weighted by Crippen LogP contribution is 2.32. The van der Waals surface area contributed by atoms with E-state index in [4.69, 9.17) is 4.74 Å². The number of ether oxygens (including phenoxy) is 1. The average molecular weight is 453 g/mol. The SMILES string of the molecule is CCNc1cc2ncnc(NCc3ccc(OCCCN(CC)CC)cc3)c2cc1[N+](=O)[O-]. The van der Waals surface area contributed by atoms with Gasteiger partial charge in [0.2, 0.25) is 0 Å². The molecule has 9 heteroatoms. The van der Waals surface area contributed by atoms with Crippen molar-refractivity contribution in [1.82, 2.24) is 14.9 Å². The summed E-state index contributed by atoms with van der Waals surface area (Å²) in [4.78, 5) is 22.1. The van der Waals surface area contributed by atoms with Crippen molar-refractivity contribution in [2.24, 2.45) is 0 Å². The molecule has 0 fully saturated rings. The van der Waals surface area contributed by atoms with E-state index < -0.39 is 4.92 Å². The smallest absolute Gasteiger partial charge is 0.293 e. The number of benzene rings is 2. The Morgan fingerprint density at radius 3 is 2.48 bits per heavy atom. The highest BCUT2D eigenvalue weighted by molar-refractivity contribution is 5.94. The fourth-order valence-electron chi connectivity index (χ4n) is 3.62. The molecule has 1 aromatic heterocycles. The quantitative estimate of drug-likeness (QED) is 0.219. The highest BCUT2D eigenvalue weighted by atomic mass is 16.6. The minimum atomic E-state index is -0.394. The van der Waals surface area contributed by atoms with Gasteiger partial charge in [0.05, 0.1) is 17.0 Å². The molecule has 0 spiro atoms. The number of fused-ring (bicyclic) bond motifs is 1. The summed E-state index contributed by atoms with van der Waals surface area (Å²) in [6.45, 7) is 11.2. The number of hydrogen-bond acceptors (Lipinski definition) is 8. The van der Waals surface area contributed by atoms with Crippen LogP contribution < -0.4 is 15.4 Å². The molecule has 0 saturated heterocycles. The molecule has 0 aliphatic carbocycles. The average Bonchev–Trinajstić information content (AvgIpc) is 2.83. The summed E-state index contributed by atoms with van der Waals surface area (Å²) in [6.07, 6.45) is 2.45. The van der Waals surface area contributed by atoms with Crippen LogP contribution in [-0.4, -0.2) is 52.6 Å². The molecule has 0 aliphatic rings. The number of nitrogens with zero attached hydrogens (tertiary/aromatic N) is 4. The van der Waals surface area contributed by atoms with Crippen LogP contribution in [0.3, 0.4) is 0 Å². The van der Waals surface area contributed by atoms with Crippen LogP contribution in [0.25, 0.3) is 10.9 Å². The third kappa shape index (κ3) is 6.52. The molecule has 3 aromatic rings. The lowest BCUT2D eigenvalue weighted by Crippen LogP contribution is -2.25. The van der Waals surface area contributed by atoms with Crippen LogP contribution in [0.4, 0.5) is 17.2 Å². The van der Waals surface area contributed by atoms with Crippen molar-refractivity contribution < 1.29 is 9.66 Å². The lowest BCUT2D eigenvalue weighted by molar-refractivity contribution is -0.383. The zero-order chi connectivity index (χ0) is 23.6. The van der Waals surface area contributed by atoms with Gasteiger partial charge in [0.15, 0.2) is 0 Å². The first-order chi connectivity index (χ1) is 16.0. The van der Waals surface area contributed by atoms with E-state index in [1.807, 2.05) is 31.2 Å². The molecule has 3 rings (SSSR count). The number of hydrogen-bond donors (Lipinski definition) is 2. The molecule has 0 aliphatic heterocycles. The maximum Gasteiger partial charge on any atom is 0.293 e. The Balaban J connectivity index is 1.63. The number of aromatic nitrogens is 2. The molecule has 33 heavy (non-hydrogen) atoms. The van der Waals surface area contributed by atoms with Gasteiger partial charge in [-0.1, -0.05) is 26.0 Å². The van der Waals surface area contributed by atoms with Crippen molar-refractivity contribution in [3.63, 3.8) is 0 Å². The van der Waals surface area contributed by atoms with E-state index in [1.54, 1.807) is 6.07 Å². The molecule has 2 N–H and O–H groups in total. The van der Waals surface area contributed by atoms with E-state index in [9.17, 15) is 10.1 Å². The Bertz CT molecular complexity index is 1050. The molecule has 0 radical (unpaired) electrons. The summed E-state index contributed by atoms with van der Waals surface area (Å²) in [5.74, 6) is 1.40. The van der Waals surface area contributed by atoms with E-state index >= 15 is 0 Å². The van der Waals surface area contributed by atoms with Crippen molar-refractivity contribution >= 4 is 28.1 Å². The van der Waals surface area contributed by atoms with Gasteiger partial charge in [-0.2, -0.15) is 0 Å². The fourth-order valence-corrected chi connectivity index (χ4v) is 3.62. The third-order valence-corrected chi connectivity index (χ3v) is 5.48. The monoisotopic (exact) mass is 452 g/mol. The van der Waals surface area contributed by atoms with Crippen LogP contribution in [0.15, 0.2) is 42.7 Å². The number of anilines is 2. The Morgan fingerprint density at radius 1 is 1.06 bits per heavy atom. The summed E-state index contributed by atoms with van der Waals surface area (Å²) in [6, 6.07) is 11.1. The number of nitro groups is 1. The lowest BCUT2D eigenvalue weighted by atomic mass is 10.1. The van der Waals surface area contributed by atoms with Gasteiger partial charge in [0.25, 0.3) is 5.69 Å². The van der Waals surface area contributed by atoms with Gasteiger partial charge in [0.1, 0.15) is 23.6 Å². The summed E-state index contributed by atoms with van der Waals surface area (Å²) < 4.78 is 5.85. The maximum atomic E-state index is 11.5. The van der Waals surface area contributed by atoms with Gasteiger partial charge in [-0.25, -0.2) is 9.97 Å². The number of rotatable bonds is 13. The van der Waals surface area contributed by atoms with Gasteiger partial charge in [-0.3, -0.25) is 10.1 Å². The maximum absolute atomic E-state index is 11.5. The van der Waals surface area contributed by atoms with Crippen LogP contribution in [-0.2, 0) is 6.54 Å². The van der Waals surface area contributed by atoms with Crippen molar-refractivity contribution in [2.75, 3.05) is 43.4 Å². The van der Waals surface area contributed by atoms with E-state index in [1.165, 1.54) is 12.4 Å². The summed E-state index contributed by atoms with van der Waals surface area (Å²) in [5.41, 5.74) is 2.15. The molecule has 0 atom stereocenters. The summed E-state index contributed by atoms with van der Waals surface area (Å²) >= 11 is 0. The second-order valence-corrected chi connectivity index (χ2v) is 7.62. The van der Waals surface area contributed by atoms with Crippen molar-refractivity contribution in [3.8, 4) is 5.75 Å². The first-order valence-electron chi connectivity index (χ1n) is 11.4. The zero-order valence-corrected chi connectivity index (χ0v) is 19.5. The first-order valence-corrected chi connectivity index (χ1v) is 11.4. The Labute approximate surface area is 194 Å². The molecular weight excluding hydrogens is 420 g/mol. The number of nitrogens with one attached hydrogen (secondary N) is 2. The number of nitro benzene ring substituents is 1. The van der Waals surface area contributed by atoms with Crippen LogP contribution >= 0.6 is 0 Å². The fraction of sp³-hybridized carbons (Fsp3) is 0.417. The predicted octanol–water partition coefficient (Wildman–Crippen LogP) is 4.69. The normalized spacial score (nSPS) is 11.0. The lowest BCUT2D eigenvalue weighted by Gasteiger charge is -2.17. The zero-order valence-electron chi connectivity index (χ0n) is 19.5. The van der Waals surface area contributed by atoms with Gasteiger partial charge in [-0.05, 0) is 50.2 Å². The molecule has 0 saturated carbocycles. The first kappa shape index (κ1) is 24.2. The Kier molecular flexibility index (Phi) is 8.77. The molecule has 9 nitrogen and oxygen atoms in total. The van der Waals surface area contributed by atoms with Crippen LogP contribution in [0.1, 0.15) is 32.8 Å². The third-order valence-electron chi connectivity index (χ3n) is 5.48. The van der Waals surface area contributed by atoms with Crippen molar-refractivity contribution in [1.29, 1.82) is 0 Å². The Morgan fingerprint density at radius 2 is 1.82 bits per heavy atom. The highest BCUT2D eigenvalue weighted by Gasteiger charge is 2.17. The van der Waals surface area contributed by atoms with Crippen molar-refractivity contribution in [3.05, 3.63) is 58.4 Å². The van der Waals surface area contributed by atoms with Crippen LogP contribution in [0.5, 0.6) is 5.75 Å². The van der Waals surface area contributed by atoms with Crippen LogP contribution in [0, 0.1) is 10.1 Å². The van der Waals surface area contributed by atoms with Gasteiger partial charge in [-0.15, -0.1) is 0 Å². The van der Waals surface area contributed by atoms with E-state index in [-0.39, 0.29) is 5.69 Å². The van der Waals surface area contributed by atoms with Gasteiger partial charge >= 0.3 is 0 Å². The second kappa shape index (κ2) is 12.0. The molecule has 176 valence electrons. The summed E-state index contributed by atoms with van der Waals surface area (Å²) in [5, 5.41) is 18.4. The molecule has 0 unspecified atom stereocenters. The van der Waals surface area contributed by atoms with E-state index in [2.05, 4.69) is 39.3 Å². The molecular formula is C24H32N6O3. The Hall–Kier alpha value is -3.46. The van der Waals surface area contributed by atoms with Gasteiger partial charge < -0.3 is 20.3 Å². The van der Waals surface area contributed by atoms with E-state index in [0.29, 0.717) is 42.1 Å². The van der Waals surface area contributed by atoms with Crippen molar-refractivity contribution in [2.45, 2.75) is 33.7 Å². The minimum Gasteiger partial charge on any atom is -0.494 e. The molecule has 0 bridgehead atoms. The van der Waals surface area contributed by atoms with E-state index in [0.717, 1.165) is 37.4 Å². The second-order valence-electron chi connectivity index (χ2n) is 7.62. The standard InChI is InChI=1S/C24H32N6O3/c1-4-25-22-15-21-20(14-23(22)30(31)32)24(28-17-27-21)26-16-18-8-10-19(11-9-18)33-13-7-12-29(5-2)6-3/h8-11,14-15,17,25H,4-7,12-13,16H2,1-3H3,(H,26,27,28). The molecule has 1 heterocycles. The molecule has 0 amide bonds. The van der Waals surface area contributed by atoms with Crippen LogP contribution in [0.2, 0.25) is 0 Å². The topological polar surface area (TPSA) is 105 Å². The largest absolute Gasteiger partial charge is 0.494 e. The molecule has 2 aromatic carbocycles. The summed E-state index contributed by atoms with van der Waals surface area (Å²) in [7, 11) is 0.